The molecule has 0 saturated carbocycles. The van der Waals surface area contributed by atoms with Gasteiger partial charge in [-0.15, -0.1) is 0 Å². The van der Waals surface area contributed by atoms with Gasteiger partial charge in [-0.3, -0.25) is 0 Å². The molecule has 15 heavy (non-hydrogen) atoms. The minimum atomic E-state index is 0.719. The third-order valence-electron chi connectivity index (χ3n) is 1.99. The Bertz CT molecular complexity index is 258. The van der Waals surface area contributed by atoms with Crippen LogP contribution in [0.15, 0.2) is 12.4 Å². The van der Waals surface area contributed by atoms with E-state index in [1.165, 1.54) is 0 Å². The molecule has 0 aliphatic rings. The summed E-state index contributed by atoms with van der Waals surface area (Å²) in [6.07, 6.45) is 5.97. The Morgan fingerprint density at radius 2 is 1.73 bits per heavy atom. The van der Waals surface area contributed by atoms with E-state index in [9.17, 15) is 0 Å². The van der Waals surface area contributed by atoms with E-state index in [1.54, 1.807) is 0 Å². The van der Waals surface area contributed by atoms with E-state index in [0.29, 0.717) is 0 Å². The highest BCUT2D eigenvalue weighted by molar-refractivity contribution is 5.24. The summed E-state index contributed by atoms with van der Waals surface area (Å²) in [5, 5.41) is 6.46. The van der Waals surface area contributed by atoms with Crippen LogP contribution in [0.25, 0.3) is 0 Å². The molecule has 0 amide bonds. The topological polar surface area (TPSA) is 49.8 Å². The van der Waals surface area contributed by atoms with E-state index in [-0.39, 0.29) is 0 Å². The summed E-state index contributed by atoms with van der Waals surface area (Å²) < 4.78 is 0. The SMILES string of the molecule is CCCNCc1cnc(NCCC)nc1. The fourth-order valence-corrected chi connectivity index (χ4v) is 1.18. The second kappa shape index (κ2) is 7.17. The summed E-state index contributed by atoms with van der Waals surface area (Å²) in [6, 6.07) is 0. The van der Waals surface area contributed by atoms with Crippen LogP contribution in [0.2, 0.25) is 0 Å². The number of anilines is 1. The van der Waals surface area contributed by atoms with Crippen molar-refractivity contribution in [3.05, 3.63) is 18.0 Å². The molecule has 0 fully saturated rings. The van der Waals surface area contributed by atoms with Gasteiger partial charge in [0.05, 0.1) is 0 Å². The van der Waals surface area contributed by atoms with Gasteiger partial charge in [-0.05, 0) is 19.4 Å². The fourth-order valence-electron chi connectivity index (χ4n) is 1.18. The standard InChI is InChI=1S/C11H20N4/c1-3-5-12-7-10-8-14-11(15-9-10)13-6-4-2/h8-9,12H,3-7H2,1-2H3,(H,13,14,15). The number of hydrogen-bond donors (Lipinski definition) is 2. The molecule has 0 bridgehead atoms. The van der Waals surface area contributed by atoms with Crippen LogP contribution in [0, 0.1) is 0 Å². The summed E-state index contributed by atoms with van der Waals surface area (Å²) in [5.74, 6) is 0.719. The lowest BCUT2D eigenvalue weighted by atomic mass is 10.3. The van der Waals surface area contributed by atoms with Gasteiger partial charge >= 0.3 is 0 Å². The maximum atomic E-state index is 4.23. The van der Waals surface area contributed by atoms with Crippen LogP contribution in [0.3, 0.4) is 0 Å². The summed E-state index contributed by atoms with van der Waals surface area (Å²) >= 11 is 0. The minimum Gasteiger partial charge on any atom is -0.354 e. The lowest BCUT2D eigenvalue weighted by Gasteiger charge is -2.04. The van der Waals surface area contributed by atoms with E-state index in [4.69, 9.17) is 0 Å². The van der Waals surface area contributed by atoms with Gasteiger partial charge in [0.15, 0.2) is 0 Å². The average molecular weight is 208 g/mol. The second-order valence-corrected chi connectivity index (χ2v) is 3.52. The van der Waals surface area contributed by atoms with E-state index < -0.39 is 0 Å². The number of rotatable bonds is 7. The first-order valence-electron chi connectivity index (χ1n) is 5.62. The molecule has 0 saturated heterocycles. The van der Waals surface area contributed by atoms with Crippen LogP contribution in [0.5, 0.6) is 0 Å². The predicted octanol–water partition coefficient (Wildman–Crippen LogP) is 1.80. The lowest BCUT2D eigenvalue weighted by Crippen LogP contribution is -2.14. The molecule has 2 N–H and O–H groups in total. The zero-order chi connectivity index (χ0) is 10.9. The highest BCUT2D eigenvalue weighted by Crippen LogP contribution is 1.99. The highest BCUT2D eigenvalue weighted by atomic mass is 15.1. The molecule has 84 valence electrons. The number of hydrogen-bond acceptors (Lipinski definition) is 4. The van der Waals surface area contributed by atoms with Crippen molar-refractivity contribution in [3.8, 4) is 0 Å². The second-order valence-electron chi connectivity index (χ2n) is 3.52. The van der Waals surface area contributed by atoms with E-state index in [2.05, 4.69) is 34.4 Å². The van der Waals surface area contributed by atoms with Gasteiger partial charge in [-0.25, -0.2) is 9.97 Å². The van der Waals surface area contributed by atoms with Crippen molar-refractivity contribution in [3.63, 3.8) is 0 Å². The van der Waals surface area contributed by atoms with Crippen molar-refractivity contribution in [2.75, 3.05) is 18.4 Å². The van der Waals surface area contributed by atoms with Crippen molar-refractivity contribution in [2.45, 2.75) is 33.2 Å². The zero-order valence-corrected chi connectivity index (χ0v) is 9.58. The van der Waals surface area contributed by atoms with Crippen molar-refractivity contribution >= 4 is 5.95 Å². The Morgan fingerprint density at radius 3 is 2.33 bits per heavy atom. The highest BCUT2D eigenvalue weighted by Gasteiger charge is 1.95. The maximum Gasteiger partial charge on any atom is 0.222 e. The smallest absolute Gasteiger partial charge is 0.222 e. The van der Waals surface area contributed by atoms with E-state index in [0.717, 1.165) is 44.0 Å². The third kappa shape index (κ3) is 4.74. The molecule has 1 aromatic heterocycles. The number of nitrogens with zero attached hydrogens (tertiary/aromatic N) is 2. The first-order chi connectivity index (χ1) is 7.36. The van der Waals surface area contributed by atoms with Gasteiger partial charge in [0.25, 0.3) is 0 Å². The quantitative estimate of drug-likeness (QED) is 0.671. The molecule has 0 aliphatic carbocycles. The Balaban J connectivity index is 2.35. The van der Waals surface area contributed by atoms with Crippen LogP contribution in [-0.2, 0) is 6.54 Å². The van der Waals surface area contributed by atoms with Crippen LogP contribution < -0.4 is 10.6 Å². The molecule has 0 atom stereocenters. The summed E-state index contributed by atoms with van der Waals surface area (Å²) in [5.41, 5.74) is 1.13. The molecule has 4 heteroatoms. The minimum absolute atomic E-state index is 0.719. The zero-order valence-electron chi connectivity index (χ0n) is 9.58. The maximum absolute atomic E-state index is 4.23. The third-order valence-corrected chi connectivity index (χ3v) is 1.99. The lowest BCUT2D eigenvalue weighted by molar-refractivity contribution is 0.672. The van der Waals surface area contributed by atoms with Crippen molar-refractivity contribution < 1.29 is 0 Å². The van der Waals surface area contributed by atoms with Gasteiger partial charge in [0.2, 0.25) is 5.95 Å². The Labute approximate surface area is 91.5 Å². The van der Waals surface area contributed by atoms with Gasteiger partial charge in [0.1, 0.15) is 0 Å². The molecule has 4 nitrogen and oxygen atoms in total. The van der Waals surface area contributed by atoms with Crippen LogP contribution in [0.4, 0.5) is 5.95 Å². The van der Waals surface area contributed by atoms with Gasteiger partial charge in [-0.1, -0.05) is 13.8 Å². The Hall–Kier alpha value is -1.16. The van der Waals surface area contributed by atoms with Crippen LogP contribution in [-0.4, -0.2) is 23.1 Å². The molecule has 0 radical (unpaired) electrons. The van der Waals surface area contributed by atoms with Gasteiger partial charge in [0, 0.05) is 31.0 Å². The van der Waals surface area contributed by atoms with Crippen molar-refractivity contribution in [1.29, 1.82) is 0 Å². The van der Waals surface area contributed by atoms with Gasteiger partial charge < -0.3 is 10.6 Å². The fraction of sp³-hybridized carbons (Fsp3) is 0.636. The normalized spacial score (nSPS) is 10.3. The molecule has 1 aromatic rings. The largest absolute Gasteiger partial charge is 0.354 e. The van der Waals surface area contributed by atoms with Gasteiger partial charge in [-0.2, -0.15) is 0 Å². The molecule has 1 rings (SSSR count). The Morgan fingerprint density at radius 1 is 1.07 bits per heavy atom. The van der Waals surface area contributed by atoms with Crippen molar-refractivity contribution in [1.82, 2.24) is 15.3 Å². The molecule has 0 aromatic carbocycles. The monoisotopic (exact) mass is 208 g/mol. The molecule has 0 unspecified atom stereocenters. The van der Waals surface area contributed by atoms with Crippen molar-refractivity contribution in [2.24, 2.45) is 0 Å². The van der Waals surface area contributed by atoms with Crippen LogP contribution in [0.1, 0.15) is 32.3 Å². The van der Waals surface area contributed by atoms with E-state index >= 15 is 0 Å². The molecule has 1 heterocycles. The Kier molecular flexibility index (Phi) is 5.70. The molecular weight excluding hydrogens is 188 g/mol. The molecule has 0 spiro atoms. The molecule has 0 aliphatic heterocycles. The predicted molar refractivity (Wildman–Crippen MR) is 62.8 cm³/mol. The average Bonchev–Trinajstić information content (AvgIpc) is 2.28. The number of aromatic nitrogens is 2. The van der Waals surface area contributed by atoms with E-state index in [1.807, 2.05) is 12.4 Å². The number of nitrogens with one attached hydrogen (secondary N) is 2. The summed E-state index contributed by atoms with van der Waals surface area (Å²) in [4.78, 5) is 8.47. The summed E-state index contributed by atoms with van der Waals surface area (Å²) in [7, 11) is 0. The first kappa shape index (κ1) is 11.9. The first-order valence-corrected chi connectivity index (χ1v) is 5.62. The van der Waals surface area contributed by atoms with Crippen LogP contribution >= 0.6 is 0 Å². The summed E-state index contributed by atoms with van der Waals surface area (Å²) in [6.45, 7) is 7.09. The molecular formula is C11H20N4.